The maximum Gasteiger partial charge on any atom is 0.312 e. The van der Waals surface area contributed by atoms with E-state index in [9.17, 15) is 4.79 Å². The van der Waals surface area contributed by atoms with Crippen molar-refractivity contribution < 1.29 is 38.0 Å². The Hall–Kier alpha value is -0.770. The molecule has 2 unspecified atom stereocenters. The molecule has 0 aliphatic heterocycles. The van der Waals surface area contributed by atoms with E-state index in [4.69, 9.17) is 33.2 Å². The van der Waals surface area contributed by atoms with Gasteiger partial charge in [-0.2, -0.15) is 0 Å². The molecule has 0 heterocycles. The molecule has 0 aromatic rings. The van der Waals surface area contributed by atoms with Gasteiger partial charge in [0.05, 0.1) is 23.2 Å². The van der Waals surface area contributed by atoms with Crippen LogP contribution >= 0.6 is 0 Å². The Labute approximate surface area is 219 Å². The van der Waals surface area contributed by atoms with Crippen molar-refractivity contribution in [3.05, 3.63) is 0 Å². The number of esters is 1. The summed E-state index contributed by atoms with van der Waals surface area (Å²) >= 11 is 0. The molecule has 2 saturated carbocycles. The van der Waals surface area contributed by atoms with Crippen molar-refractivity contribution in [2.75, 3.05) is 46.8 Å². The molecule has 0 saturated heterocycles. The van der Waals surface area contributed by atoms with Crippen molar-refractivity contribution in [1.82, 2.24) is 0 Å². The molecule has 2 fully saturated rings. The van der Waals surface area contributed by atoms with E-state index in [1.54, 1.807) is 0 Å². The van der Waals surface area contributed by atoms with Gasteiger partial charge in [-0.05, 0) is 58.8 Å². The minimum Gasteiger partial charge on any atom is -0.456 e. The van der Waals surface area contributed by atoms with Gasteiger partial charge < -0.3 is 33.2 Å². The third-order valence-corrected chi connectivity index (χ3v) is 7.42. The molecule has 0 spiro atoms. The zero-order valence-electron chi connectivity index (χ0n) is 23.8. The first-order valence-electron chi connectivity index (χ1n) is 14.0. The minimum absolute atomic E-state index is 0.158. The zero-order chi connectivity index (χ0) is 26.5. The predicted octanol–water partition coefficient (Wildman–Crippen LogP) is 5.75. The Bertz CT molecular complexity index is 611. The molecule has 0 aromatic carbocycles. The van der Waals surface area contributed by atoms with Gasteiger partial charge in [0.15, 0.2) is 0 Å². The number of rotatable bonds is 19. The topological polar surface area (TPSA) is 81.7 Å². The molecule has 8 heteroatoms. The standard InChI is InChI=1S/C28H52O8/c1-7-14-30-21-33-20-28(36-24(29)25(5,6)10-4)18-26(34-22-31-15-8-2)12-11-13-27(17-26,19-28)35-23-32-16-9-3/h7-23H2,1-6H3. The monoisotopic (exact) mass is 516 g/mol. The highest BCUT2D eigenvalue weighted by atomic mass is 16.7. The van der Waals surface area contributed by atoms with Crippen LogP contribution in [-0.2, 0) is 38.0 Å². The molecule has 212 valence electrons. The second kappa shape index (κ2) is 15.0. The van der Waals surface area contributed by atoms with Gasteiger partial charge in [-0.3, -0.25) is 4.79 Å². The quantitative estimate of drug-likeness (QED) is 0.122. The average Bonchev–Trinajstić information content (AvgIpc) is 2.84. The van der Waals surface area contributed by atoms with Crippen molar-refractivity contribution in [2.45, 2.75) is 123 Å². The van der Waals surface area contributed by atoms with E-state index in [1.807, 2.05) is 20.8 Å². The summed E-state index contributed by atoms with van der Waals surface area (Å²) in [5, 5.41) is 0. The number of ether oxygens (including phenoxy) is 7. The largest absolute Gasteiger partial charge is 0.456 e. The molecule has 0 aromatic heterocycles. The Morgan fingerprint density at radius 2 is 1.22 bits per heavy atom. The van der Waals surface area contributed by atoms with E-state index in [-0.39, 0.29) is 33.0 Å². The van der Waals surface area contributed by atoms with Crippen LogP contribution < -0.4 is 0 Å². The Kier molecular flexibility index (Phi) is 13.1. The van der Waals surface area contributed by atoms with Crippen molar-refractivity contribution in [2.24, 2.45) is 5.41 Å². The number of fused-ring (bicyclic) bond motifs is 2. The molecule has 2 aliphatic carbocycles. The fraction of sp³-hybridized carbons (Fsp3) is 0.964. The Morgan fingerprint density at radius 3 is 1.69 bits per heavy atom. The third kappa shape index (κ3) is 9.21. The highest BCUT2D eigenvalue weighted by Crippen LogP contribution is 2.54. The molecule has 36 heavy (non-hydrogen) atoms. The van der Waals surface area contributed by atoms with Crippen LogP contribution in [0.5, 0.6) is 0 Å². The van der Waals surface area contributed by atoms with Gasteiger partial charge in [0, 0.05) is 39.1 Å². The van der Waals surface area contributed by atoms with Gasteiger partial charge in [-0.25, -0.2) is 0 Å². The second-order valence-corrected chi connectivity index (χ2v) is 11.3. The van der Waals surface area contributed by atoms with E-state index in [1.165, 1.54) is 0 Å². The number of carbonyl (C=O) groups is 1. The average molecular weight is 517 g/mol. The summed E-state index contributed by atoms with van der Waals surface area (Å²) in [6.45, 7) is 14.8. The summed E-state index contributed by atoms with van der Waals surface area (Å²) in [5.41, 5.74) is -2.55. The normalized spacial score (nSPS) is 28.3. The third-order valence-electron chi connectivity index (χ3n) is 7.42. The molecule has 2 atom stereocenters. The fourth-order valence-electron chi connectivity index (χ4n) is 5.30. The highest BCUT2D eigenvalue weighted by Gasteiger charge is 2.60. The van der Waals surface area contributed by atoms with E-state index in [0.717, 1.165) is 38.5 Å². The first-order valence-corrected chi connectivity index (χ1v) is 14.0. The van der Waals surface area contributed by atoms with E-state index < -0.39 is 22.2 Å². The van der Waals surface area contributed by atoms with E-state index in [2.05, 4.69) is 20.8 Å². The van der Waals surface area contributed by atoms with Crippen LogP contribution in [0.2, 0.25) is 0 Å². The number of carbonyl (C=O) groups excluding carboxylic acids is 1. The van der Waals surface area contributed by atoms with Gasteiger partial charge in [-0.15, -0.1) is 0 Å². The van der Waals surface area contributed by atoms with Crippen LogP contribution in [0.25, 0.3) is 0 Å². The highest BCUT2D eigenvalue weighted by molar-refractivity contribution is 5.76. The van der Waals surface area contributed by atoms with Crippen molar-refractivity contribution in [1.29, 1.82) is 0 Å². The smallest absolute Gasteiger partial charge is 0.312 e. The van der Waals surface area contributed by atoms with Gasteiger partial charge in [0.2, 0.25) is 0 Å². The van der Waals surface area contributed by atoms with Gasteiger partial charge in [0.25, 0.3) is 0 Å². The van der Waals surface area contributed by atoms with Crippen LogP contribution in [0.15, 0.2) is 0 Å². The number of hydrogen-bond donors (Lipinski definition) is 0. The van der Waals surface area contributed by atoms with Crippen LogP contribution in [-0.4, -0.2) is 69.6 Å². The zero-order valence-corrected chi connectivity index (χ0v) is 23.8. The first-order chi connectivity index (χ1) is 17.2. The lowest BCUT2D eigenvalue weighted by molar-refractivity contribution is -0.284. The molecule has 0 amide bonds. The molecule has 0 N–H and O–H groups in total. The lowest BCUT2D eigenvalue weighted by Gasteiger charge is -2.57. The minimum atomic E-state index is -0.896. The summed E-state index contributed by atoms with van der Waals surface area (Å²) in [6, 6.07) is 0. The summed E-state index contributed by atoms with van der Waals surface area (Å²) in [4.78, 5) is 13.4. The summed E-state index contributed by atoms with van der Waals surface area (Å²) in [6.07, 6.45) is 7.91. The molecule has 2 rings (SSSR count). The Morgan fingerprint density at radius 1 is 0.722 bits per heavy atom. The van der Waals surface area contributed by atoms with Crippen molar-refractivity contribution >= 4 is 5.97 Å². The van der Waals surface area contributed by atoms with Gasteiger partial charge in [-0.1, -0.05) is 27.7 Å². The fourth-order valence-corrected chi connectivity index (χ4v) is 5.30. The molecular weight excluding hydrogens is 464 g/mol. The van der Waals surface area contributed by atoms with Crippen LogP contribution in [0.1, 0.15) is 106 Å². The predicted molar refractivity (Wildman–Crippen MR) is 138 cm³/mol. The lowest BCUT2D eigenvalue weighted by atomic mass is 9.60. The summed E-state index contributed by atoms with van der Waals surface area (Å²) in [5.74, 6) is -0.224. The van der Waals surface area contributed by atoms with Crippen LogP contribution in [0, 0.1) is 5.41 Å². The van der Waals surface area contributed by atoms with E-state index in [0.29, 0.717) is 45.5 Å². The molecule has 8 nitrogen and oxygen atoms in total. The van der Waals surface area contributed by atoms with Crippen molar-refractivity contribution in [3.63, 3.8) is 0 Å². The first kappa shape index (κ1) is 31.4. The lowest BCUT2D eigenvalue weighted by Crippen LogP contribution is -2.64. The van der Waals surface area contributed by atoms with Crippen molar-refractivity contribution in [3.8, 4) is 0 Å². The SMILES string of the molecule is CCCOCOCC1(OC(=O)C(C)(C)CC)CC2(OCOCCC)CCCC(OCOCCC)(C2)C1. The maximum atomic E-state index is 13.4. The second-order valence-electron chi connectivity index (χ2n) is 11.3. The summed E-state index contributed by atoms with van der Waals surface area (Å²) in [7, 11) is 0. The van der Waals surface area contributed by atoms with Gasteiger partial charge in [0.1, 0.15) is 26.0 Å². The Balaban J connectivity index is 2.33. The van der Waals surface area contributed by atoms with Gasteiger partial charge >= 0.3 is 5.97 Å². The van der Waals surface area contributed by atoms with Crippen LogP contribution in [0.3, 0.4) is 0 Å². The maximum absolute atomic E-state index is 13.4. The van der Waals surface area contributed by atoms with E-state index >= 15 is 0 Å². The molecule has 0 radical (unpaired) electrons. The molecule has 2 aliphatic rings. The number of hydrogen-bond acceptors (Lipinski definition) is 8. The summed E-state index contributed by atoms with van der Waals surface area (Å²) < 4.78 is 42.4. The van der Waals surface area contributed by atoms with Crippen LogP contribution in [0.4, 0.5) is 0 Å². The molecular formula is C28H52O8. The molecule has 2 bridgehead atoms.